The number of nitrogens with zero attached hydrogens (tertiary/aromatic N) is 4. The van der Waals surface area contributed by atoms with Crippen LogP contribution in [0.2, 0.25) is 0 Å². The van der Waals surface area contributed by atoms with E-state index in [1.807, 2.05) is 24.4 Å². The molecule has 5 nitrogen and oxygen atoms in total. The third kappa shape index (κ3) is 1.93. The summed E-state index contributed by atoms with van der Waals surface area (Å²) < 4.78 is 2.08. The average molecular weight is 271 g/mol. The maximum Gasteiger partial charge on any atom is 0.160 e. The van der Waals surface area contributed by atoms with Crippen LogP contribution in [0.5, 0.6) is 0 Å². The topological polar surface area (TPSA) is 45.5 Å². The van der Waals surface area contributed by atoms with Gasteiger partial charge in [0, 0.05) is 24.8 Å². The van der Waals surface area contributed by atoms with E-state index >= 15 is 0 Å². The van der Waals surface area contributed by atoms with Crippen LogP contribution in [0.3, 0.4) is 0 Å². The SMILES string of the molecule is CC(NC1CCN2CCCC12)c1nnc2ccccn12. The van der Waals surface area contributed by atoms with E-state index in [0.29, 0.717) is 6.04 Å². The monoisotopic (exact) mass is 271 g/mol. The highest BCUT2D eigenvalue weighted by Crippen LogP contribution is 2.29. The molecule has 0 saturated carbocycles. The molecule has 0 aromatic carbocycles. The Balaban J connectivity index is 1.54. The highest BCUT2D eigenvalue weighted by Gasteiger charge is 2.37. The number of hydrogen-bond donors (Lipinski definition) is 1. The minimum atomic E-state index is 0.234. The van der Waals surface area contributed by atoms with Gasteiger partial charge in [0.2, 0.25) is 0 Å². The van der Waals surface area contributed by atoms with Gasteiger partial charge in [0.05, 0.1) is 6.04 Å². The zero-order valence-corrected chi connectivity index (χ0v) is 11.9. The van der Waals surface area contributed by atoms with Crippen molar-refractivity contribution in [3.05, 3.63) is 30.2 Å². The maximum atomic E-state index is 4.36. The first kappa shape index (κ1) is 12.3. The van der Waals surface area contributed by atoms with E-state index in [0.717, 1.165) is 17.5 Å². The van der Waals surface area contributed by atoms with Crippen LogP contribution in [0.25, 0.3) is 5.65 Å². The Hall–Kier alpha value is -1.46. The quantitative estimate of drug-likeness (QED) is 0.921. The van der Waals surface area contributed by atoms with E-state index in [1.54, 1.807) is 0 Å². The zero-order chi connectivity index (χ0) is 13.5. The fraction of sp³-hybridized carbons (Fsp3) is 0.600. The first-order valence-electron chi connectivity index (χ1n) is 7.63. The summed E-state index contributed by atoms with van der Waals surface area (Å²) in [6.07, 6.45) is 5.99. The van der Waals surface area contributed by atoms with E-state index in [1.165, 1.54) is 32.4 Å². The van der Waals surface area contributed by atoms with Gasteiger partial charge in [-0.05, 0) is 44.9 Å². The largest absolute Gasteiger partial charge is 0.303 e. The van der Waals surface area contributed by atoms with Crippen molar-refractivity contribution in [3.8, 4) is 0 Å². The van der Waals surface area contributed by atoms with E-state index in [4.69, 9.17) is 0 Å². The highest BCUT2D eigenvalue weighted by molar-refractivity contribution is 5.37. The van der Waals surface area contributed by atoms with Crippen LogP contribution in [0, 0.1) is 0 Å². The Kier molecular flexibility index (Phi) is 2.97. The molecule has 0 bridgehead atoms. The summed E-state index contributed by atoms with van der Waals surface area (Å²) >= 11 is 0. The van der Waals surface area contributed by atoms with Crippen LogP contribution in [-0.2, 0) is 0 Å². The predicted octanol–water partition coefficient (Wildman–Crippen LogP) is 1.62. The van der Waals surface area contributed by atoms with Gasteiger partial charge in [-0.3, -0.25) is 9.30 Å². The highest BCUT2D eigenvalue weighted by atomic mass is 15.3. The molecule has 0 radical (unpaired) electrons. The Labute approximate surface area is 119 Å². The van der Waals surface area contributed by atoms with Gasteiger partial charge in [0.1, 0.15) is 0 Å². The van der Waals surface area contributed by atoms with Crippen molar-refractivity contribution in [2.45, 2.75) is 44.3 Å². The van der Waals surface area contributed by atoms with Gasteiger partial charge in [0.15, 0.2) is 11.5 Å². The van der Waals surface area contributed by atoms with Crippen molar-refractivity contribution in [1.29, 1.82) is 0 Å². The van der Waals surface area contributed by atoms with Crippen molar-refractivity contribution < 1.29 is 0 Å². The van der Waals surface area contributed by atoms with E-state index < -0.39 is 0 Å². The molecule has 2 aliphatic rings. The van der Waals surface area contributed by atoms with Crippen LogP contribution in [0.15, 0.2) is 24.4 Å². The van der Waals surface area contributed by atoms with Crippen LogP contribution < -0.4 is 5.32 Å². The molecule has 0 spiro atoms. The number of pyridine rings is 1. The number of hydrogen-bond acceptors (Lipinski definition) is 4. The first-order valence-corrected chi connectivity index (χ1v) is 7.63. The van der Waals surface area contributed by atoms with E-state index in [-0.39, 0.29) is 6.04 Å². The number of aromatic nitrogens is 3. The summed E-state index contributed by atoms with van der Waals surface area (Å²) in [7, 11) is 0. The molecule has 3 atom stereocenters. The van der Waals surface area contributed by atoms with Crippen molar-refractivity contribution in [1.82, 2.24) is 24.8 Å². The number of rotatable bonds is 3. The lowest BCUT2D eigenvalue weighted by atomic mass is 10.1. The van der Waals surface area contributed by atoms with Crippen molar-refractivity contribution in [2.75, 3.05) is 13.1 Å². The second-order valence-corrected chi connectivity index (χ2v) is 6.02. The van der Waals surface area contributed by atoms with Crippen LogP contribution in [0.1, 0.15) is 38.1 Å². The Morgan fingerprint density at radius 2 is 2.20 bits per heavy atom. The zero-order valence-electron chi connectivity index (χ0n) is 11.9. The first-order chi connectivity index (χ1) is 9.83. The Morgan fingerprint density at radius 1 is 1.25 bits per heavy atom. The summed E-state index contributed by atoms with van der Waals surface area (Å²) in [6.45, 7) is 4.72. The third-order valence-electron chi connectivity index (χ3n) is 4.80. The number of nitrogens with one attached hydrogen (secondary N) is 1. The minimum Gasteiger partial charge on any atom is -0.303 e. The molecule has 1 N–H and O–H groups in total. The molecule has 0 aliphatic carbocycles. The lowest BCUT2D eigenvalue weighted by Gasteiger charge is -2.24. The minimum absolute atomic E-state index is 0.234. The summed E-state index contributed by atoms with van der Waals surface area (Å²) in [6, 6.07) is 7.59. The van der Waals surface area contributed by atoms with Crippen molar-refractivity contribution >= 4 is 5.65 Å². The molecule has 2 aliphatic heterocycles. The molecule has 2 aromatic heterocycles. The molecule has 5 heteroatoms. The normalized spacial score (nSPS) is 28.1. The van der Waals surface area contributed by atoms with Crippen LogP contribution in [0.4, 0.5) is 0 Å². The third-order valence-corrected chi connectivity index (χ3v) is 4.80. The molecule has 2 fully saturated rings. The molecule has 4 rings (SSSR count). The average Bonchev–Trinajstić information content (AvgIpc) is 3.14. The molecule has 106 valence electrons. The number of fused-ring (bicyclic) bond motifs is 2. The Morgan fingerprint density at radius 3 is 3.15 bits per heavy atom. The summed E-state index contributed by atoms with van der Waals surface area (Å²) in [5.41, 5.74) is 0.921. The fourth-order valence-electron chi connectivity index (χ4n) is 3.83. The molecule has 4 heterocycles. The van der Waals surface area contributed by atoms with Crippen molar-refractivity contribution in [2.24, 2.45) is 0 Å². The Bertz CT molecular complexity index is 607. The van der Waals surface area contributed by atoms with Gasteiger partial charge >= 0.3 is 0 Å². The van der Waals surface area contributed by atoms with E-state index in [2.05, 4.69) is 31.7 Å². The van der Waals surface area contributed by atoms with Gasteiger partial charge in [-0.1, -0.05) is 6.07 Å². The van der Waals surface area contributed by atoms with Crippen LogP contribution >= 0.6 is 0 Å². The molecule has 0 amide bonds. The summed E-state index contributed by atoms with van der Waals surface area (Å²) in [5.74, 6) is 1.01. The smallest absolute Gasteiger partial charge is 0.160 e. The molecule has 20 heavy (non-hydrogen) atoms. The van der Waals surface area contributed by atoms with Crippen LogP contribution in [-0.4, -0.2) is 44.7 Å². The molecule has 2 aromatic rings. The second-order valence-electron chi connectivity index (χ2n) is 6.02. The second kappa shape index (κ2) is 4.82. The molecular formula is C15H21N5. The molecular weight excluding hydrogens is 250 g/mol. The van der Waals surface area contributed by atoms with Crippen molar-refractivity contribution in [3.63, 3.8) is 0 Å². The van der Waals surface area contributed by atoms with E-state index in [9.17, 15) is 0 Å². The maximum absolute atomic E-state index is 4.36. The lowest BCUT2D eigenvalue weighted by Crippen LogP contribution is -2.40. The van der Waals surface area contributed by atoms with Gasteiger partial charge < -0.3 is 5.32 Å². The molecule has 2 saturated heterocycles. The van der Waals surface area contributed by atoms with Gasteiger partial charge in [-0.2, -0.15) is 0 Å². The van der Waals surface area contributed by atoms with Gasteiger partial charge in [0.25, 0.3) is 0 Å². The summed E-state index contributed by atoms with van der Waals surface area (Å²) in [5, 5.41) is 12.4. The predicted molar refractivity (Wildman–Crippen MR) is 77.5 cm³/mol. The molecule has 3 unspecified atom stereocenters. The van der Waals surface area contributed by atoms with Gasteiger partial charge in [-0.25, -0.2) is 0 Å². The lowest BCUT2D eigenvalue weighted by molar-refractivity contribution is 0.289. The summed E-state index contributed by atoms with van der Waals surface area (Å²) in [4.78, 5) is 2.63. The standard InChI is InChI=1S/C15H21N5/c1-11(15-18-17-14-6-2-3-9-20(14)15)16-12-7-10-19-8-4-5-13(12)19/h2-3,6,9,11-13,16H,4-5,7-8,10H2,1H3. The fourth-order valence-corrected chi connectivity index (χ4v) is 3.83. The van der Waals surface area contributed by atoms with Gasteiger partial charge in [-0.15, -0.1) is 10.2 Å².